The summed E-state index contributed by atoms with van der Waals surface area (Å²) in [6.45, 7) is 5.07. The number of hydrogen-bond acceptors (Lipinski definition) is 3. The van der Waals surface area contributed by atoms with Crippen LogP contribution in [0.15, 0.2) is 54.6 Å². The van der Waals surface area contributed by atoms with E-state index in [0.29, 0.717) is 32.7 Å². The molecule has 0 atom stereocenters. The van der Waals surface area contributed by atoms with Gasteiger partial charge in [0.2, 0.25) is 0 Å². The van der Waals surface area contributed by atoms with E-state index in [1.165, 1.54) is 0 Å². The number of para-hydroxylation sites is 1. The van der Waals surface area contributed by atoms with Gasteiger partial charge in [-0.05, 0) is 19.1 Å². The maximum atomic E-state index is 12.3. The first kappa shape index (κ1) is 17.2. The Balaban J connectivity index is 1.47. The number of urea groups is 1. The van der Waals surface area contributed by atoms with E-state index in [4.69, 9.17) is 0 Å². The molecule has 1 aliphatic heterocycles. The van der Waals surface area contributed by atoms with Crippen molar-refractivity contribution >= 4 is 17.5 Å². The van der Waals surface area contributed by atoms with E-state index in [1.807, 2.05) is 61.5 Å². The molecule has 1 saturated heterocycles. The van der Waals surface area contributed by atoms with Gasteiger partial charge >= 0.3 is 6.03 Å². The predicted octanol–water partition coefficient (Wildman–Crippen LogP) is 3.03. The van der Waals surface area contributed by atoms with E-state index in [2.05, 4.69) is 10.2 Å². The number of piperazine rings is 1. The Morgan fingerprint density at radius 2 is 1.56 bits per heavy atom. The minimum absolute atomic E-state index is 0.0873. The van der Waals surface area contributed by atoms with Crippen molar-refractivity contribution in [2.75, 3.05) is 38.0 Å². The average Bonchev–Trinajstić information content (AvgIpc) is 2.63. The summed E-state index contributed by atoms with van der Waals surface area (Å²) in [5.41, 5.74) is 2.69. The van der Waals surface area contributed by atoms with Gasteiger partial charge in [0, 0.05) is 37.4 Å². The van der Waals surface area contributed by atoms with Crippen LogP contribution in [0.3, 0.4) is 0 Å². The third kappa shape index (κ3) is 4.67. The van der Waals surface area contributed by atoms with Gasteiger partial charge in [0.1, 0.15) is 0 Å². The molecule has 1 N–H and O–H groups in total. The summed E-state index contributed by atoms with van der Waals surface area (Å²) >= 11 is 0. The van der Waals surface area contributed by atoms with Crippen molar-refractivity contribution in [1.29, 1.82) is 0 Å². The Hall–Kier alpha value is -2.66. The molecule has 0 radical (unpaired) electrons. The van der Waals surface area contributed by atoms with Crippen LogP contribution in [0, 0.1) is 6.92 Å². The Kier molecular flexibility index (Phi) is 5.46. The lowest BCUT2D eigenvalue weighted by molar-refractivity contribution is 0.0884. The van der Waals surface area contributed by atoms with Gasteiger partial charge < -0.3 is 10.2 Å². The van der Waals surface area contributed by atoms with E-state index in [1.54, 1.807) is 4.90 Å². The summed E-state index contributed by atoms with van der Waals surface area (Å²) < 4.78 is 0. The largest absolute Gasteiger partial charge is 0.322 e. The van der Waals surface area contributed by atoms with Crippen molar-refractivity contribution in [2.45, 2.75) is 6.92 Å². The molecule has 1 aliphatic rings. The zero-order valence-electron chi connectivity index (χ0n) is 14.4. The van der Waals surface area contributed by atoms with Crippen molar-refractivity contribution in [3.8, 4) is 0 Å². The maximum Gasteiger partial charge on any atom is 0.321 e. The first-order chi connectivity index (χ1) is 12.1. The molecule has 130 valence electrons. The molecule has 0 bridgehead atoms. The fraction of sp³-hybridized carbons (Fsp3) is 0.300. The molecular formula is C20H23N3O2. The van der Waals surface area contributed by atoms with Gasteiger partial charge in [-0.15, -0.1) is 0 Å². The molecule has 1 heterocycles. The molecule has 2 amide bonds. The predicted molar refractivity (Wildman–Crippen MR) is 99.0 cm³/mol. The van der Waals surface area contributed by atoms with E-state index >= 15 is 0 Å². The van der Waals surface area contributed by atoms with E-state index in [9.17, 15) is 9.59 Å². The van der Waals surface area contributed by atoms with Crippen LogP contribution < -0.4 is 5.32 Å². The van der Waals surface area contributed by atoms with Crippen LogP contribution in [0.25, 0.3) is 0 Å². The second kappa shape index (κ2) is 7.94. The van der Waals surface area contributed by atoms with Gasteiger partial charge in [0.25, 0.3) is 0 Å². The number of carbonyl (C=O) groups is 2. The van der Waals surface area contributed by atoms with Crippen LogP contribution in [0.5, 0.6) is 0 Å². The Morgan fingerprint density at radius 1 is 0.920 bits per heavy atom. The number of ketones is 1. The van der Waals surface area contributed by atoms with E-state index in [0.717, 1.165) is 16.8 Å². The summed E-state index contributed by atoms with van der Waals surface area (Å²) in [5, 5.41) is 2.90. The fourth-order valence-corrected chi connectivity index (χ4v) is 2.87. The van der Waals surface area contributed by atoms with Crippen LogP contribution >= 0.6 is 0 Å². The van der Waals surface area contributed by atoms with Gasteiger partial charge in [-0.1, -0.05) is 48.0 Å². The Labute approximate surface area is 148 Å². The highest BCUT2D eigenvalue weighted by atomic mass is 16.2. The van der Waals surface area contributed by atoms with Crippen molar-refractivity contribution in [3.05, 3.63) is 65.7 Å². The molecule has 5 nitrogen and oxygen atoms in total. The third-order valence-electron chi connectivity index (χ3n) is 4.43. The number of aryl methyl sites for hydroxylation is 1. The zero-order valence-corrected chi connectivity index (χ0v) is 14.4. The SMILES string of the molecule is Cc1ccc(C(=O)CN2CCN(C(=O)Nc3ccccc3)CC2)cc1. The molecule has 0 spiro atoms. The molecule has 1 fully saturated rings. The van der Waals surface area contributed by atoms with Gasteiger partial charge in [-0.3, -0.25) is 9.69 Å². The number of hydrogen-bond donors (Lipinski definition) is 1. The van der Waals surface area contributed by atoms with Crippen LogP contribution in [0.1, 0.15) is 15.9 Å². The lowest BCUT2D eigenvalue weighted by atomic mass is 10.1. The van der Waals surface area contributed by atoms with Gasteiger partial charge in [0.05, 0.1) is 6.54 Å². The minimum Gasteiger partial charge on any atom is -0.322 e. The molecule has 0 unspecified atom stereocenters. The van der Waals surface area contributed by atoms with Gasteiger partial charge in [-0.25, -0.2) is 4.79 Å². The van der Waals surface area contributed by atoms with Crippen molar-refractivity contribution in [1.82, 2.24) is 9.80 Å². The Morgan fingerprint density at radius 3 is 2.20 bits per heavy atom. The molecule has 0 aliphatic carbocycles. The number of amides is 2. The van der Waals surface area contributed by atoms with Crippen LogP contribution in [0.4, 0.5) is 10.5 Å². The third-order valence-corrected chi connectivity index (χ3v) is 4.43. The lowest BCUT2D eigenvalue weighted by Crippen LogP contribution is -2.51. The van der Waals surface area contributed by atoms with Gasteiger partial charge in [0.15, 0.2) is 5.78 Å². The summed E-state index contributed by atoms with van der Waals surface area (Å²) in [5.74, 6) is 0.127. The number of benzene rings is 2. The maximum absolute atomic E-state index is 12.3. The second-order valence-electron chi connectivity index (χ2n) is 6.35. The second-order valence-corrected chi connectivity index (χ2v) is 6.35. The monoisotopic (exact) mass is 337 g/mol. The first-order valence-electron chi connectivity index (χ1n) is 8.55. The standard InChI is InChI=1S/C20H23N3O2/c1-16-7-9-17(10-8-16)19(24)15-22-11-13-23(14-12-22)20(25)21-18-5-3-2-4-6-18/h2-10H,11-15H2,1H3,(H,21,25). The number of Topliss-reactive ketones (excluding diaryl/α,β-unsaturated/α-hetero) is 1. The molecule has 3 rings (SSSR count). The van der Waals surface area contributed by atoms with Gasteiger partial charge in [-0.2, -0.15) is 0 Å². The lowest BCUT2D eigenvalue weighted by Gasteiger charge is -2.34. The minimum atomic E-state index is -0.0873. The van der Waals surface area contributed by atoms with E-state index in [-0.39, 0.29) is 11.8 Å². The average molecular weight is 337 g/mol. The molecule has 5 heteroatoms. The summed E-state index contributed by atoms with van der Waals surface area (Å²) in [4.78, 5) is 28.5. The summed E-state index contributed by atoms with van der Waals surface area (Å²) in [6, 6.07) is 17.0. The summed E-state index contributed by atoms with van der Waals surface area (Å²) in [7, 11) is 0. The van der Waals surface area contributed by atoms with Crippen molar-refractivity contribution in [2.24, 2.45) is 0 Å². The van der Waals surface area contributed by atoms with Crippen LogP contribution in [0.2, 0.25) is 0 Å². The molecule has 25 heavy (non-hydrogen) atoms. The molecular weight excluding hydrogens is 314 g/mol. The quantitative estimate of drug-likeness (QED) is 0.873. The Bertz CT molecular complexity index is 720. The smallest absolute Gasteiger partial charge is 0.321 e. The summed E-state index contributed by atoms with van der Waals surface area (Å²) in [6.07, 6.45) is 0. The first-order valence-corrected chi connectivity index (χ1v) is 8.55. The highest BCUT2D eigenvalue weighted by molar-refractivity contribution is 5.97. The van der Waals surface area contributed by atoms with Crippen molar-refractivity contribution < 1.29 is 9.59 Å². The number of carbonyl (C=O) groups excluding carboxylic acids is 2. The molecule has 2 aromatic rings. The number of anilines is 1. The highest BCUT2D eigenvalue weighted by Gasteiger charge is 2.22. The highest BCUT2D eigenvalue weighted by Crippen LogP contribution is 2.10. The zero-order chi connectivity index (χ0) is 17.6. The normalized spacial score (nSPS) is 15.0. The number of nitrogens with one attached hydrogen (secondary N) is 1. The molecule has 0 aromatic heterocycles. The van der Waals surface area contributed by atoms with Crippen molar-refractivity contribution in [3.63, 3.8) is 0 Å². The fourth-order valence-electron chi connectivity index (χ4n) is 2.87. The molecule has 0 saturated carbocycles. The van der Waals surface area contributed by atoms with E-state index < -0.39 is 0 Å². The van der Waals surface area contributed by atoms with Crippen LogP contribution in [-0.2, 0) is 0 Å². The number of nitrogens with zero attached hydrogens (tertiary/aromatic N) is 2. The molecule has 2 aromatic carbocycles. The topological polar surface area (TPSA) is 52.7 Å². The number of rotatable bonds is 4. The van der Waals surface area contributed by atoms with Crippen LogP contribution in [-0.4, -0.2) is 54.3 Å².